The zero-order valence-corrected chi connectivity index (χ0v) is 32.1. The van der Waals surface area contributed by atoms with Gasteiger partial charge in [0.25, 0.3) is 0 Å². The molecule has 0 radical (unpaired) electrons. The number of aromatic nitrogens is 4. The smallest absolute Gasteiger partial charge is 0.164 e. The van der Waals surface area contributed by atoms with Crippen LogP contribution in [0.1, 0.15) is 0 Å². The van der Waals surface area contributed by atoms with E-state index in [1.807, 2.05) is 66.7 Å². The second kappa shape index (κ2) is 15.2. The molecule has 0 bridgehead atoms. The van der Waals surface area contributed by atoms with E-state index in [2.05, 4.69) is 133 Å². The van der Waals surface area contributed by atoms with E-state index in [1.54, 1.807) is 11.3 Å². The van der Waals surface area contributed by atoms with Gasteiger partial charge in [0.15, 0.2) is 17.5 Å². The van der Waals surface area contributed by atoms with Crippen LogP contribution < -0.4 is 5.73 Å². The fourth-order valence-corrected chi connectivity index (χ4v) is 8.45. The zero-order valence-electron chi connectivity index (χ0n) is 31.3. The third kappa shape index (κ3) is 6.93. The van der Waals surface area contributed by atoms with E-state index in [9.17, 15) is 0 Å². The normalized spacial score (nSPS) is 11.2. The molecule has 0 spiro atoms. The number of thiazole rings is 1. The number of fused-ring (bicyclic) bond motifs is 1. The second-order valence-corrected chi connectivity index (χ2v) is 15.1. The third-order valence-corrected chi connectivity index (χ3v) is 11.4. The maximum atomic E-state index is 6.15. The van der Waals surface area contributed by atoms with Crippen molar-refractivity contribution in [2.75, 3.05) is 5.73 Å². The number of hydrogen-bond donors (Lipinski definition) is 1. The van der Waals surface area contributed by atoms with Gasteiger partial charge in [-0.3, -0.25) is 0 Å². The number of para-hydroxylation sites is 1. The molecule has 0 amide bonds. The summed E-state index contributed by atoms with van der Waals surface area (Å²) in [6.07, 6.45) is 0. The van der Waals surface area contributed by atoms with Crippen LogP contribution in [0.5, 0.6) is 0 Å². The van der Waals surface area contributed by atoms with Crippen LogP contribution in [0.2, 0.25) is 0 Å². The molecule has 0 aliphatic rings. The molecule has 2 aromatic heterocycles. The molecule has 0 saturated carbocycles. The first kappa shape index (κ1) is 34.9. The number of rotatable bonds is 8. The Hall–Kier alpha value is -7.54. The van der Waals surface area contributed by atoms with Crippen molar-refractivity contribution in [1.82, 2.24) is 19.9 Å². The second-order valence-electron chi connectivity index (χ2n) is 14.1. The molecule has 0 aliphatic heterocycles. The van der Waals surface area contributed by atoms with Gasteiger partial charge in [-0.15, -0.1) is 11.3 Å². The lowest BCUT2D eigenvalue weighted by molar-refractivity contribution is 1.07. The lowest BCUT2D eigenvalue weighted by Gasteiger charge is -2.16. The molecule has 2 heterocycles. The van der Waals surface area contributed by atoms with Gasteiger partial charge < -0.3 is 5.73 Å². The Morgan fingerprint density at radius 1 is 0.310 bits per heavy atom. The van der Waals surface area contributed by atoms with Gasteiger partial charge in [-0.1, -0.05) is 158 Å². The average molecular weight is 762 g/mol. The predicted molar refractivity (Wildman–Crippen MR) is 241 cm³/mol. The first-order chi connectivity index (χ1) is 28.6. The zero-order chi connectivity index (χ0) is 38.8. The van der Waals surface area contributed by atoms with Gasteiger partial charge >= 0.3 is 0 Å². The average Bonchev–Trinajstić information content (AvgIpc) is 3.74. The standard InChI is InChI=1S/C52H35N5S/c53-42-23-13-17-36(33-42)35-16-10-20-39(30-35)50-55-49(34-14-2-1-3-15-34)56-51(57-50)40-21-11-18-37(31-40)43-24-4-6-26-45(43)46-27-7-5-25-44(46)38-19-12-22-41(32-38)52-54-47-28-8-9-29-48(47)58-52/h1-33H,53H2. The van der Waals surface area contributed by atoms with Crippen molar-refractivity contribution in [2.24, 2.45) is 0 Å². The SMILES string of the molecule is Nc1cccc(-c2cccc(-c3nc(-c4ccccc4)nc(-c4cccc(-c5ccccc5-c5ccccc5-c5cccc(-c6nc7ccccc7s6)c5)c4)n3)c2)c1. The summed E-state index contributed by atoms with van der Waals surface area (Å²) in [4.78, 5) is 20.1. The van der Waals surface area contributed by atoms with E-state index in [0.717, 1.165) is 83.0 Å². The molecule has 0 unspecified atom stereocenters. The van der Waals surface area contributed by atoms with Gasteiger partial charge in [-0.05, 0) is 87.0 Å². The Balaban J connectivity index is 1.05. The van der Waals surface area contributed by atoms with Crippen LogP contribution in [-0.4, -0.2) is 19.9 Å². The molecule has 274 valence electrons. The largest absolute Gasteiger partial charge is 0.399 e. The Bertz CT molecular complexity index is 3060. The molecule has 10 rings (SSSR count). The van der Waals surface area contributed by atoms with Crippen molar-refractivity contribution >= 4 is 27.2 Å². The van der Waals surface area contributed by atoms with Crippen molar-refractivity contribution < 1.29 is 0 Å². The number of anilines is 1. The monoisotopic (exact) mass is 761 g/mol. The first-order valence-electron chi connectivity index (χ1n) is 19.2. The van der Waals surface area contributed by atoms with E-state index in [-0.39, 0.29) is 0 Å². The molecule has 58 heavy (non-hydrogen) atoms. The minimum atomic E-state index is 0.599. The Morgan fingerprint density at radius 2 is 0.741 bits per heavy atom. The molecule has 0 atom stereocenters. The number of benzene rings is 8. The fraction of sp³-hybridized carbons (Fsp3) is 0. The van der Waals surface area contributed by atoms with Crippen LogP contribution in [0, 0.1) is 0 Å². The first-order valence-corrected chi connectivity index (χ1v) is 20.0. The van der Waals surface area contributed by atoms with Gasteiger partial charge in [0, 0.05) is 27.9 Å². The minimum absolute atomic E-state index is 0.599. The minimum Gasteiger partial charge on any atom is -0.399 e. The van der Waals surface area contributed by atoms with Crippen LogP contribution in [0.3, 0.4) is 0 Å². The highest BCUT2D eigenvalue weighted by atomic mass is 32.1. The Labute approximate surface area is 340 Å². The van der Waals surface area contributed by atoms with E-state index >= 15 is 0 Å². The quantitative estimate of drug-likeness (QED) is 0.156. The lowest BCUT2D eigenvalue weighted by atomic mass is 9.88. The molecule has 0 aliphatic carbocycles. The summed E-state index contributed by atoms with van der Waals surface area (Å²) in [6, 6.07) is 69.1. The van der Waals surface area contributed by atoms with Crippen molar-refractivity contribution in [3.05, 3.63) is 200 Å². The van der Waals surface area contributed by atoms with Crippen LogP contribution >= 0.6 is 11.3 Å². The summed E-state index contributed by atoms with van der Waals surface area (Å²) in [5.41, 5.74) is 20.6. The van der Waals surface area contributed by atoms with Gasteiger partial charge in [-0.25, -0.2) is 19.9 Å². The molecule has 6 heteroatoms. The van der Waals surface area contributed by atoms with Crippen molar-refractivity contribution in [1.29, 1.82) is 0 Å². The summed E-state index contributed by atoms with van der Waals surface area (Å²) >= 11 is 1.72. The highest BCUT2D eigenvalue weighted by Crippen LogP contribution is 2.40. The van der Waals surface area contributed by atoms with E-state index < -0.39 is 0 Å². The summed E-state index contributed by atoms with van der Waals surface area (Å²) < 4.78 is 1.19. The van der Waals surface area contributed by atoms with Gasteiger partial charge in [0.1, 0.15) is 5.01 Å². The van der Waals surface area contributed by atoms with E-state index in [4.69, 9.17) is 25.7 Å². The molecule has 0 fully saturated rings. The van der Waals surface area contributed by atoms with Gasteiger partial charge in [0.2, 0.25) is 0 Å². The molecule has 10 aromatic rings. The topological polar surface area (TPSA) is 77.6 Å². The number of hydrogen-bond acceptors (Lipinski definition) is 6. The molecule has 5 nitrogen and oxygen atoms in total. The number of nitrogen functional groups attached to an aromatic ring is 1. The van der Waals surface area contributed by atoms with Gasteiger partial charge in [0.05, 0.1) is 10.2 Å². The summed E-state index contributed by atoms with van der Waals surface area (Å²) in [6.45, 7) is 0. The van der Waals surface area contributed by atoms with Crippen LogP contribution in [0.15, 0.2) is 200 Å². The number of nitrogens with zero attached hydrogens (tertiary/aromatic N) is 4. The predicted octanol–water partition coefficient (Wildman–Crippen LogP) is 13.4. The van der Waals surface area contributed by atoms with Crippen molar-refractivity contribution in [3.63, 3.8) is 0 Å². The summed E-state index contributed by atoms with van der Waals surface area (Å²) in [7, 11) is 0. The summed E-state index contributed by atoms with van der Waals surface area (Å²) in [5, 5.41) is 1.02. The molecule has 0 saturated heterocycles. The highest BCUT2D eigenvalue weighted by molar-refractivity contribution is 7.21. The van der Waals surface area contributed by atoms with Gasteiger partial charge in [-0.2, -0.15) is 0 Å². The van der Waals surface area contributed by atoms with E-state index in [1.165, 1.54) is 4.70 Å². The van der Waals surface area contributed by atoms with Crippen LogP contribution in [0.25, 0.3) is 99.5 Å². The summed E-state index contributed by atoms with van der Waals surface area (Å²) in [5.74, 6) is 1.81. The lowest BCUT2D eigenvalue weighted by Crippen LogP contribution is -2.00. The highest BCUT2D eigenvalue weighted by Gasteiger charge is 2.17. The fourth-order valence-electron chi connectivity index (χ4n) is 7.49. The van der Waals surface area contributed by atoms with E-state index in [0.29, 0.717) is 17.5 Å². The molecule has 8 aromatic carbocycles. The van der Waals surface area contributed by atoms with Crippen LogP contribution in [-0.2, 0) is 0 Å². The third-order valence-electron chi connectivity index (χ3n) is 10.3. The Morgan fingerprint density at radius 3 is 1.36 bits per heavy atom. The Kier molecular flexibility index (Phi) is 9.14. The van der Waals surface area contributed by atoms with Crippen molar-refractivity contribution in [3.8, 4) is 89.2 Å². The van der Waals surface area contributed by atoms with Crippen molar-refractivity contribution in [2.45, 2.75) is 0 Å². The number of nitrogens with two attached hydrogens (primary N) is 1. The molecular formula is C52H35N5S. The van der Waals surface area contributed by atoms with Crippen LogP contribution in [0.4, 0.5) is 5.69 Å². The maximum absolute atomic E-state index is 6.15. The molecular weight excluding hydrogens is 727 g/mol. The maximum Gasteiger partial charge on any atom is 0.164 e. The molecule has 2 N–H and O–H groups in total.